The van der Waals surface area contributed by atoms with Crippen molar-refractivity contribution in [3.8, 4) is 11.1 Å². The third-order valence-electron chi connectivity index (χ3n) is 2.60. The van der Waals surface area contributed by atoms with E-state index in [1.165, 1.54) is 11.1 Å². The lowest BCUT2D eigenvalue weighted by Crippen LogP contribution is -2.08. The molecule has 0 amide bonds. The van der Waals surface area contributed by atoms with Gasteiger partial charge in [-0.25, -0.2) is 0 Å². The summed E-state index contributed by atoms with van der Waals surface area (Å²) in [5.41, 5.74) is 10.2. The first kappa shape index (κ1) is 10.8. The summed E-state index contributed by atoms with van der Waals surface area (Å²) in [4.78, 5) is 0.440. The molecule has 16 heavy (non-hydrogen) atoms. The number of hydrogen-bond acceptors (Lipinski definition) is 1. The van der Waals surface area contributed by atoms with E-state index >= 15 is 0 Å². The standard InChI is InChI=1S/C14H13NS/c1-10-5-2-3-8-13(10)11-6-4-7-12(9-11)14(15)16/h2-9H,1H3,(H2,15,16). The van der Waals surface area contributed by atoms with Gasteiger partial charge in [-0.15, -0.1) is 0 Å². The molecule has 0 spiro atoms. The summed E-state index contributed by atoms with van der Waals surface area (Å²) < 4.78 is 0. The third-order valence-corrected chi connectivity index (χ3v) is 2.84. The molecule has 2 N–H and O–H groups in total. The van der Waals surface area contributed by atoms with Crippen molar-refractivity contribution in [2.24, 2.45) is 5.73 Å². The molecular formula is C14H13NS. The van der Waals surface area contributed by atoms with Gasteiger partial charge in [0.2, 0.25) is 0 Å². The Labute approximate surface area is 101 Å². The van der Waals surface area contributed by atoms with E-state index in [9.17, 15) is 0 Å². The molecular weight excluding hydrogens is 214 g/mol. The molecule has 0 aliphatic carbocycles. The molecule has 0 radical (unpaired) electrons. The summed E-state index contributed by atoms with van der Waals surface area (Å²) >= 11 is 4.98. The van der Waals surface area contributed by atoms with Gasteiger partial charge in [0.1, 0.15) is 4.99 Å². The van der Waals surface area contributed by atoms with Crippen molar-refractivity contribution in [3.63, 3.8) is 0 Å². The van der Waals surface area contributed by atoms with Crippen LogP contribution in [0.1, 0.15) is 11.1 Å². The van der Waals surface area contributed by atoms with E-state index in [1.54, 1.807) is 0 Å². The number of rotatable bonds is 2. The van der Waals surface area contributed by atoms with Crippen LogP contribution in [0.3, 0.4) is 0 Å². The van der Waals surface area contributed by atoms with Gasteiger partial charge in [0.25, 0.3) is 0 Å². The fraction of sp³-hybridized carbons (Fsp3) is 0.0714. The van der Waals surface area contributed by atoms with Crippen LogP contribution in [0.5, 0.6) is 0 Å². The summed E-state index contributed by atoms with van der Waals surface area (Å²) in [6.45, 7) is 2.10. The van der Waals surface area contributed by atoms with Crippen LogP contribution in [0.15, 0.2) is 48.5 Å². The third kappa shape index (κ3) is 2.12. The van der Waals surface area contributed by atoms with Crippen molar-refractivity contribution in [2.45, 2.75) is 6.92 Å². The molecule has 0 aromatic heterocycles. The normalized spacial score (nSPS) is 10.1. The summed E-state index contributed by atoms with van der Waals surface area (Å²) in [6.07, 6.45) is 0. The smallest absolute Gasteiger partial charge is 0.104 e. The number of benzene rings is 2. The van der Waals surface area contributed by atoms with Gasteiger partial charge < -0.3 is 5.73 Å². The quantitative estimate of drug-likeness (QED) is 0.797. The summed E-state index contributed by atoms with van der Waals surface area (Å²) in [7, 11) is 0. The highest BCUT2D eigenvalue weighted by Crippen LogP contribution is 2.23. The van der Waals surface area contributed by atoms with Crippen molar-refractivity contribution in [3.05, 3.63) is 59.7 Å². The van der Waals surface area contributed by atoms with Crippen molar-refractivity contribution in [1.29, 1.82) is 0 Å². The average molecular weight is 227 g/mol. The zero-order valence-electron chi connectivity index (χ0n) is 9.10. The SMILES string of the molecule is Cc1ccccc1-c1cccc(C(N)=S)c1. The van der Waals surface area contributed by atoms with Crippen LogP contribution in [-0.2, 0) is 0 Å². The molecule has 0 saturated carbocycles. The Balaban J connectivity index is 2.53. The highest BCUT2D eigenvalue weighted by Gasteiger charge is 2.02. The Morgan fingerprint density at radius 1 is 1.06 bits per heavy atom. The van der Waals surface area contributed by atoms with Gasteiger partial charge in [-0.05, 0) is 29.7 Å². The number of aryl methyl sites for hydroxylation is 1. The molecule has 1 nitrogen and oxygen atoms in total. The predicted molar refractivity (Wildman–Crippen MR) is 72.5 cm³/mol. The topological polar surface area (TPSA) is 26.0 Å². The van der Waals surface area contributed by atoms with E-state index < -0.39 is 0 Å². The van der Waals surface area contributed by atoms with Crippen LogP contribution in [0.4, 0.5) is 0 Å². The molecule has 0 bridgehead atoms. The maximum absolute atomic E-state index is 5.63. The van der Waals surface area contributed by atoms with Crippen LogP contribution in [0.2, 0.25) is 0 Å². The average Bonchev–Trinajstić information content (AvgIpc) is 2.30. The van der Waals surface area contributed by atoms with Gasteiger partial charge in [-0.3, -0.25) is 0 Å². The van der Waals surface area contributed by atoms with Crippen LogP contribution in [0.25, 0.3) is 11.1 Å². The molecule has 0 atom stereocenters. The van der Waals surface area contributed by atoms with E-state index in [-0.39, 0.29) is 0 Å². The van der Waals surface area contributed by atoms with Crippen LogP contribution in [-0.4, -0.2) is 4.99 Å². The second kappa shape index (κ2) is 4.45. The van der Waals surface area contributed by atoms with Crippen molar-refractivity contribution in [2.75, 3.05) is 0 Å². The Bertz CT molecular complexity index is 532. The Hall–Kier alpha value is -1.67. The second-order valence-electron chi connectivity index (χ2n) is 3.76. The lowest BCUT2D eigenvalue weighted by Gasteiger charge is -2.07. The largest absolute Gasteiger partial charge is 0.389 e. The van der Waals surface area contributed by atoms with E-state index in [4.69, 9.17) is 18.0 Å². The van der Waals surface area contributed by atoms with Crippen LogP contribution in [0, 0.1) is 6.92 Å². The Kier molecular flexibility index (Phi) is 3.02. The fourth-order valence-corrected chi connectivity index (χ4v) is 1.86. The minimum atomic E-state index is 0.440. The van der Waals surface area contributed by atoms with E-state index in [1.807, 2.05) is 30.3 Å². The molecule has 0 saturated heterocycles. The van der Waals surface area contributed by atoms with Crippen molar-refractivity contribution < 1.29 is 0 Å². The molecule has 0 fully saturated rings. The van der Waals surface area contributed by atoms with E-state index in [0.717, 1.165) is 11.1 Å². The molecule has 0 aliphatic heterocycles. The highest BCUT2D eigenvalue weighted by molar-refractivity contribution is 7.80. The maximum Gasteiger partial charge on any atom is 0.104 e. The minimum Gasteiger partial charge on any atom is -0.389 e. The molecule has 0 aliphatic rings. The zero-order valence-corrected chi connectivity index (χ0v) is 9.92. The summed E-state index contributed by atoms with van der Waals surface area (Å²) in [5, 5.41) is 0. The molecule has 0 heterocycles. The summed E-state index contributed by atoms with van der Waals surface area (Å²) in [6, 6.07) is 16.3. The fourth-order valence-electron chi connectivity index (χ4n) is 1.74. The van der Waals surface area contributed by atoms with Gasteiger partial charge in [0, 0.05) is 5.56 Å². The van der Waals surface area contributed by atoms with Gasteiger partial charge in [-0.2, -0.15) is 0 Å². The van der Waals surface area contributed by atoms with Crippen LogP contribution >= 0.6 is 12.2 Å². The first-order chi connectivity index (χ1) is 7.68. The molecule has 2 aromatic carbocycles. The van der Waals surface area contributed by atoms with Crippen molar-refractivity contribution >= 4 is 17.2 Å². The lowest BCUT2D eigenvalue weighted by molar-refractivity contribution is 1.45. The number of thiocarbonyl (C=S) groups is 1. The Morgan fingerprint density at radius 3 is 2.50 bits per heavy atom. The van der Waals surface area contributed by atoms with Gasteiger partial charge in [0.15, 0.2) is 0 Å². The second-order valence-corrected chi connectivity index (χ2v) is 4.20. The molecule has 2 rings (SSSR count). The first-order valence-electron chi connectivity index (χ1n) is 5.14. The predicted octanol–water partition coefficient (Wildman–Crippen LogP) is 3.30. The summed E-state index contributed by atoms with van der Waals surface area (Å²) in [5.74, 6) is 0. The van der Waals surface area contributed by atoms with Crippen molar-refractivity contribution in [1.82, 2.24) is 0 Å². The zero-order chi connectivity index (χ0) is 11.5. The van der Waals surface area contributed by atoms with E-state index in [2.05, 4.69) is 25.1 Å². The van der Waals surface area contributed by atoms with Gasteiger partial charge in [-0.1, -0.05) is 54.7 Å². The molecule has 80 valence electrons. The number of hydrogen-bond donors (Lipinski definition) is 1. The molecule has 2 heteroatoms. The van der Waals surface area contributed by atoms with Gasteiger partial charge >= 0.3 is 0 Å². The molecule has 2 aromatic rings. The highest BCUT2D eigenvalue weighted by atomic mass is 32.1. The monoisotopic (exact) mass is 227 g/mol. The Morgan fingerprint density at radius 2 is 1.81 bits per heavy atom. The molecule has 0 unspecified atom stereocenters. The van der Waals surface area contributed by atoms with E-state index in [0.29, 0.717) is 4.99 Å². The minimum absolute atomic E-state index is 0.440. The van der Waals surface area contributed by atoms with Crippen LogP contribution < -0.4 is 5.73 Å². The van der Waals surface area contributed by atoms with Gasteiger partial charge in [0.05, 0.1) is 0 Å². The first-order valence-corrected chi connectivity index (χ1v) is 5.55. The lowest BCUT2D eigenvalue weighted by atomic mass is 9.99. The number of nitrogens with two attached hydrogens (primary N) is 1. The maximum atomic E-state index is 5.63.